The van der Waals surface area contributed by atoms with Gasteiger partial charge in [-0.3, -0.25) is 23.9 Å². The fraction of sp³-hybridized carbons (Fsp3) is 0.522. The summed E-state index contributed by atoms with van der Waals surface area (Å²) in [5.74, 6) is 0.309. The molecule has 2 aromatic heterocycles. The van der Waals surface area contributed by atoms with E-state index >= 15 is 0 Å². The lowest BCUT2D eigenvalue weighted by Gasteiger charge is -2.40. The van der Waals surface area contributed by atoms with Crippen molar-refractivity contribution in [2.75, 3.05) is 30.3 Å². The number of aromatic nitrogens is 3. The van der Waals surface area contributed by atoms with Crippen LogP contribution >= 0.6 is 0 Å². The Kier molecular flexibility index (Phi) is 5.78. The maximum Gasteiger partial charge on any atom is 0.276 e. The van der Waals surface area contributed by atoms with Crippen LogP contribution in [0, 0.1) is 19.8 Å². The number of hydrogen-bond donors (Lipinski definition) is 3. The van der Waals surface area contributed by atoms with Gasteiger partial charge >= 0.3 is 0 Å². The number of nitrogens with zero attached hydrogens (tertiary/aromatic N) is 4. The predicted molar refractivity (Wildman–Crippen MR) is 124 cm³/mol. The number of nitrogens with one attached hydrogen (secondary N) is 3. The lowest BCUT2D eigenvalue weighted by atomic mass is 9.96. The van der Waals surface area contributed by atoms with E-state index in [2.05, 4.69) is 25.9 Å². The summed E-state index contributed by atoms with van der Waals surface area (Å²) in [6.07, 6.45) is 1.27. The average Bonchev–Trinajstić information content (AvgIpc) is 3.61. The molecule has 0 atom stereocenters. The quantitative estimate of drug-likeness (QED) is 0.571. The summed E-state index contributed by atoms with van der Waals surface area (Å²) in [6, 6.07) is 1.60. The van der Waals surface area contributed by atoms with Crippen LogP contribution in [0.2, 0.25) is 0 Å². The topological polar surface area (TPSA) is 121 Å². The molecule has 0 aromatic carbocycles. The van der Waals surface area contributed by atoms with Crippen LogP contribution in [0.3, 0.4) is 0 Å². The van der Waals surface area contributed by atoms with E-state index in [0.29, 0.717) is 48.7 Å². The minimum atomic E-state index is -2.44. The second-order valence-corrected chi connectivity index (χ2v) is 9.49. The summed E-state index contributed by atoms with van der Waals surface area (Å²) >= 11 is 0. The Labute approximate surface area is 200 Å². The molecule has 0 unspecified atom stereocenters. The SMILES string of the molecule is Cc1cc(Nc2ncnc(NC(=O)C3CC3)c2C)c(=O)n2c1C(=O)NC21CCN(CC(F)F)CC1. The first-order valence-corrected chi connectivity index (χ1v) is 11.7. The van der Waals surface area contributed by atoms with Crippen molar-refractivity contribution in [3.8, 4) is 0 Å². The maximum atomic E-state index is 13.6. The zero-order chi connectivity index (χ0) is 24.9. The minimum absolute atomic E-state index is 0.0121. The normalized spacial score (nSPS) is 19.1. The predicted octanol–water partition coefficient (Wildman–Crippen LogP) is 2.10. The van der Waals surface area contributed by atoms with E-state index in [0.717, 1.165) is 12.8 Å². The molecule has 1 spiro atoms. The number of aryl methyl sites for hydroxylation is 1. The number of amides is 2. The summed E-state index contributed by atoms with van der Waals surface area (Å²) in [7, 11) is 0. The van der Waals surface area contributed by atoms with Crippen molar-refractivity contribution in [1.82, 2.24) is 24.8 Å². The summed E-state index contributed by atoms with van der Waals surface area (Å²) < 4.78 is 27.1. The van der Waals surface area contributed by atoms with Gasteiger partial charge in [0.15, 0.2) is 0 Å². The zero-order valence-corrected chi connectivity index (χ0v) is 19.5. The van der Waals surface area contributed by atoms with E-state index in [1.807, 2.05) is 0 Å². The van der Waals surface area contributed by atoms with Crippen molar-refractivity contribution in [2.45, 2.75) is 51.6 Å². The van der Waals surface area contributed by atoms with Crippen LogP contribution in [-0.4, -0.2) is 57.3 Å². The van der Waals surface area contributed by atoms with E-state index in [1.54, 1.807) is 24.8 Å². The van der Waals surface area contributed by atoms with E-state index in [9.17, 15) is 23.2 Å². The van der Waals surface area contributed by atoms with E-state index in [1.165, 1.54) is 10.9 Å². The number of piperidine rings is 1. The molecule has 0 radical (unpaired) electrons. The molecule has 2 aliphatic heterocycles. The van der Waals surface area contributed by atoms with Gasteiger partial charge in [-0.15, -0.1) is 0 Å². The Bertz CT molecular complexity index is 1250. The first-order chi connectivity index (χ1) is 16.7. The number of fused-ring (bicyclic) bond motifs is 2. The maximum absolute atomic E-state index is 13.6. The molecule has 3 N–H and O–H groups in total. The van der Waals surface area contributed by atoms with Crippen LogP contribution in [0.4, 0.5) is 26.1 Å². The molecule has 10 nitrogen and oxygen atoms in total. The molecule has 2 fully saturated rings. The average molecular weight is 488 g/mol. The molecule has 35 heavy (non-hydrogen) atoms. The Morgan fingerprint density at radius 3 is 2.54 bits per heavy atom. The van der Waals surface area contributed by atoms with E-state index < -0.39 is 17.6 Å². The van der Waals surface area contributed by atoms with Crippen LogP contribution in [0.25, 0.3) is 0 Å². The fourth-order valence-corrected chi connectivity index (χ4v) is 4.89. The molecule has 1 aliphatic carbocycles. The molecule has 4 heterocycles. The molecule has 5 rings (SSSR count). The number of anilines is 3. The number of alkyl halides is 2. The Morgan fingerprint density at radius 2 is 1.89 bits per heavy atom. The molecule has 2 amide bonds. The summed E-state index contributed by atoms with van der Waals surface area (Å²) in [6.45, 7) is 3.83. The zero-order valence-electron chi connectivity index (χ0n) is 19.5. The van der Waals surface area contributed by atoms with Crippen LogP contribution in [0.5, 0.6) is 0 Å². The Balaban J connectivity index is 1.46. The lowest BCUT2D eigenvalue weighted by molar-refractivity contribution is -0.117. The third-order valence-electron chi connectivity index (χ3n) is 6.99. The number of likely N-dealkylation sites (tertiary alicyclic amines) is 1. The van der Waals surface area contributed by atoms with Crippen molar-refractivity contribution in [3.63, 3.8) is 0 Å². The van der Waals surface area contributed by atoms with Crippen molar-refractivity contribution in [3.05, 3.63) is 39.6 Å². The fourth-order valence-electron chi connectivity index (χ4n) is 4.89. The summed E-state index contributed by atoms with van der Waals surface area (Å²) in [4.78, 5) is 48.7. The van der Waals surface area contributed by atoms with Gasteiger partial charge in [0, 0.05) is 37.4 Å². The lowest BCUT2D eigenvalue weighted by Crippen LogP contribution is -2.55. The van der Waals surface area contributed by atoms with Gasteiger partial charge in [-0.25, -0.2) is 18.7 Å². The molecular formula is C23H27F2N7O3. The molecule has 3 aliphatic rings. The third kappa shape index (κ3) is 4.26. The highest BCUT2D eigenvalue weighted by Crippen LogP contribution is 2.35. The highest BCUT2D eigenvalue weighted by atomic mass is 19.3. The molecule has 2 aromatic rings. The minimum Gasteiger partial charge on any atom is -0.335 e. The molecule has 1 saturated carbocycles. The monoisotopic (exact) mass is 487 g/mol. The summed E-state index contributed by atoms with van der Waals surface area (Å²) in [5, 5.41) is 8.82. The number of rotatable bonds is 6. The van der Waals surface area contributed by atoms with Gasteiger partial charge < -0.3 is 16.0 Å². The van der Waals surface area contributed by atoms with Crippen LogP contribution < -0.4 is 21.5 Å². The number of carbonyl (C=O) groups excluding carboxylic acids is 2. The van der Waals surface area contributed by atoms with Gasteiger partial charge in [-0.1, -0.05) is 0 Å². The van der Waals surface area contributed by atoms with Crippen LogP contribution in [-0.2, 0) is 10.5 Å². The highest BCUT2D eigenvalue weighted by molar-refractivity contribution is 5.97. The molecule has 1 saturated heterocycles. The number of halogens is 2. The Morgan fingerprint density at radius 1 is 1.20 bits per heavy atom. The van der Waals surface area contributed by atoms with Crippen molar-refractivity contribution in [1.29, 1.82) is 0 Å². The van der Waals surface area contributed by atoms with Gasteiger partial charge in [-0.05, 0) is 38.3 Å². The largest absolute Gasteiger partial charge is 0.335 e. The van der Waals surface area contributed by atoms with Gasteiger partial charge in [0.05, 0.1) is 6.54 Å². The Hall–Kier alpha value is -3.41. The van der Waals surface area contributed by atoms with Gasteiger partial charge in [-0.2, -0.15) is 0 Å². The molecular weight excluding hydrogens is 460 g/mol. The smallest absolute Gasteiger partial charge is 0.276 e. The van der Waals surface area contributed by atoms with E-state index in [4.69, 9.17) is 0 Å². The first kappa shape index (κ1) is 23.3. The number of hydrogen-bond acceptors (Lipinski definition) is 7. The first-order valence-electron chi connectivity index (χ1n) is 11.7. The van der Waals surface area contributed by atoms with Crippen molar-refractivity contribution >= 4 is 29.1 Å². The van der Waals surface area contributed by atoms with Crippen LogP contribution in [0.15, 0.2) is 17.2 Å². The van der Waals surface area contributed by atoms with Crippen LogP contribution in [0.1, 0.15) is 47.3 Å². The second kappa shape index (κ2) is 8.67. The molecule has 0 bridgehead atoms. The summed E-state index contributed by atoms with van der Waals surface area (Å²) in [5.41, 5.74) is 0.305. The molecule has 186 valence electrons. The van der Waals surface area contributed by atoms with E-state index in [-0.39, 0.29) is 35.7 Å². The van der Waals surface area contributed by atoms with Gasteiger partial charge in [0.1, 0.15) is 35.0 Å². The van der Waals surface area contributed by atoms with Gasteiger partial charge in [0.25, 0.3) is 17.9 Å². The number of pyridine rings is 1. The third-order valence-corrected chi connectivity index (χ3v) is 6.99. The number of carbonyl (C=O) groups is 2. The van der Waals surface area contributed by atoms with Crippen molar-refractivity contribution in [2.24, 2.45) is 5.92 Å². The standard InChI is InChI=1S/C23H27F2N7O3/c1-12-9-15(28-18-13(2)19(27-11-26-18)29-20(33)14-3-4-14)22(35)32-17(12)21(34)30-23(32)5-7-31(8-6-23)10-16(24)25/h9,11,14,16H,3-8,10H2,1-2H3,(H,30,34)(H2,26,27,28,29,33). The second-order valence-electron chi connectivity index (χ2n) is 9.49. The molecule has 12 heteroatoms. The van der Waals surface area contributed by atoms with Gasteiger partial charge in [0.2, 0.25) is 5.91 Å². The van der Waals surface area contributed by atoms with Crippen molar-refractivity contribution < 1.29 is 18.4 Å². The highest BCUT2D eigenvalue weighted by Gasteiger charge is 2.46.